The van der Waals surface area contributed by atoms with E-state index >= 15 is 0 Å². The first-order valence-corrected chi connectivity index (χ1v) is 6.20. The summed E-state index contributed by atoms with van der Waals surface area (Å²) < 4.78 is 0. The van der Waals surface area contributed by atoms with Gasteiger partial charge >= 0.3 is 0 Å². The molecule has 19 heavy (non-hydrogen) atoms. The Labute approximate surface area is 118 Å². The van der Waals surface area contributed by atoms with Gasteiger partial charge in [0.05, 0.1) is 17.6 Å². The summed E-state index contributed by atoms with van der Waals surface area (Å²) in [6.07, 6.45) is 2.20. The fourth-order valence-electron chi connectivity index (χ4n) is 1.87. The monoisotopic (exact) mass is 282 g/mol. The van der Waals surface area contributed by atoms with Crippen LogP contribution >= 0.6 is 12.4 Å². The fourth-order valence-corrected chi connectivity index (χ4v) is 1.87. The van der Waals surface area contributed by atoms with Crippen molar-refractivity contribution in [2.24, 2.45) is 5.73 Å². The molecule has 5 nitrogen and oxygen atoms in total. The number of halogens is 1. The zero-order chi connectivity index (χ0) is 12.8. The highest BCUT2D eigenvalue weighted by Gasteiger charge is 2.08. The molecule has 1 aromatic carbocycles. The molecule has 1 amide bonds. The predicted molar refractivity (Wildman–Crippen MR) is 78.3 cm³/mol. The Morgan fingerprint density at radius 2 is 2.11 bits per heavy atom. The highest BCUT2D eigenvalue weighted by molar-refractivity contribution is 5.87. The van der Waals surface area contributed by atoms with Crippen LogP contribution in [0.4, 0.5) is 0 Å². The second-order valence-corrected chi connectivity index (χ2v) is 4.24. The number of nitrogens with two attached hydrogens (primary N) is 1. The molecule has 0 unspecified atom stereocenters. The van der Waals surface area contributed by atoms with E-state index in [1.165, 1.54) is 0 Å². The minimum absolute atomic E-state index is 0. The SMILES string of the molecule is Cl.NCCCCNC(=O)Cc1[nH]nc2ccccc12. The van der Waals surface area contributed by atoms with Crippen molar-refractivity contribution in [1.29, 1.82) is 0 Å². The maximum absolute atomic E-state index is 11.7. The highest BCUT2D eigenvalue weighted by atomic mass is 35.5. The number of benzene rings is 1. The number of hydrogen-bond donors (Lipinski definition) is 3. The molecule has 0 radical (unpaired) electrons. The first kappa shape index (κ1) is 15.5. The lowest BCUT2D eigenvalue weighted by Crippen LogP contribution is -2.26. The average molecular weight is 283 g/mol. The van der Waals surface area contributed by atoms with Gasteiger partial charge in [-0.2, -0.15) is 5.10 Å². The van der Waals surface area contributed by atoms with Gasteiger partial charge in [-0.15, -0.1) is 12.4 Å². The lowest BCUT2D eigenvalue weighted by Gasteiger charge is -2.03. The largest absolute Gasteiger partial charge is 0.356 e. The maximum Gasteiger partial charge on any atom is 0.226 e. The van der Waals surface area contributed by atoms with E-state index < -0.39 is 0 Å². The minimum atomic E-state index is 0. The van der Waals surface area contributed by atoms with E-state index in [1.54, 1.807) is 0 Å². The number of unbranched alkanes of at least 4 members (excludes halogenated alkanes) is 1. The summed E-state index contributed by atoms with van der Waals surface area (Å²) in [5, 5.41) is 11.0. The van der Waals surface area contributed by atoms with Crippen LogP contribution in [0.25, 0.3) is 10.9 Å². The molecule has 0 aliphatic carbocycles. The van der Waals surface area contributed by atoms with Crippen LogP contribution in [0, 0.1) is 0 Å². The molecule has 0 aliphatic heterocycles. The van der Waals surface area contributed by atoms with Crippen LogP contribution in [0.2, 0.25) is 0 Å². The minimum Gasteiger partial charge on any atom is -0.356 e. The van der Waals surface area contributed by atoms with Crippen molar-refractivity contribution in [3.05, 3.63) is 30.0 Å². The van der Waals surface area contributed by atoms with E-state index in [0.29, 0.717) is 19.5 Å². The molecule has 1 heterocycles. The van der Waals surface area contributed by atoms with Gasteiger partial charge in [0.25, 0.3) is 0 Å². The molecule has 0 saturated heterocycles. The van der Waals surface area contributed by atoms with Crippen molar-refractivity contribution < 1.29 is 4.79 Å². The summed E-state index contributed by atoms with van der Waals surface area (Å²) in [7, 11) is 0. The van der Waals surface area contributed by atoms with Gasteiger partial charge in [0.2, 0.25) is 5.91 Å². The summed E-state index contributed by atoms with van der Waals surface area (Å²) in [5.74, 6) is 0.0152. The zero-order valence-electron chi connectivity index (χ0n) is 10.7. The lowest BCUT2D eigenvalue weighted by molar-refractivity contribution is -0.120. The molecule has 104 valence electrons. The topological polar surface area (TPSA) is 83.8 Å². The molecular weight excluding hydrogens is 264 g/mol. The summed E-state index contributed by atoms with van der Waals surface area (Å²) in [6.45, 7) is 1.35. The normalized spacial score (nSPS) is 10.2. The lowest BCUT2D eigenvalue weighted by atomic mass is 10.1. The highest BCUT2D eigenvalue weighted by Crippen LogP contribution is 2.15. The summed E-state index contributed by atoms with van der Waals surface area (Å²) in [4.78, 5) is 11.7. The van der Waals surface area contributed by atoms with Gasteiger partial charge in [-0.25, -0.2) is 0 Å². The van der Waals surface area contributed by atoms with Crippen LogP contribution in [0.1, 0.15) is 18.5 Å². The number of carbonyl (C=O) groups excluding carboxylic acids is 1. The van der Waals surface area contributed by atoms with Gasteiger partial charge in [0, 0.05) is 11.9 Å². The third-order valence-electron chi connectivity index (χ3n) is 2.83. The Morgan fingerprint density at radius 3 is 2.89 bits per heavy atom. The molecule has 0 fully saturated rings. The van der Waals surface area contributed by atoms with Gasteiger partial charge in [-0.3, -0.25) is 9.89 Å². The number of hydrogen-bond acceptors (Lipinski definition) is 3. The average Bonchev–Trinajstić information content (AvgIpc) is 2.78. The number of nitrogens with one attached hydrogen (secondary N) is 2. The first-order valence-electron chi connectivity index (χ1n) is 6.20. The van der Waals surface area contributed by atoms with Crippen molar-refractivity contribution in [3.8, 4) is 0 Å². The van der Waals surface area contributed by atoms with Crippen molar-refractivity contribution >= 4 is 29.2 Å². The molecule has 4 N–H and O–H groups in total. The van der Waals surface area contributed by atoms with E-state index in [-0.39, 0.29) is 18.3 Å². The second-order valence-electron chi connectivity index (χ2n) is 4.24. The molecule has 0 atom stereocenters. The Hall–Kier alpha value is -1.59. The van der Waals surface area contributed by atoms with Crippen LogP contribution in [-0.4, -0.2) is 29.2 Å². The van der Waals surface area contributed by atoms with Crippen molar-refractivity contribution in [2.75, 3.05) is 13.1 Å². The Kier molecular flexibility index (Phi) is 6.32. The van der Waals surface area contributed by atoms with Crippen LogP contribution in [0.3, 0.4) is 0 Å². The molecule has 0 aliphatic rings. The molecular formula is C13H19ClN4O. The Balaban J connectivity index is 0.00000180. The number of carbonyl (C=O) groups is 1. The quantitative estimate of drug-likeness (QED) is 0.700. The first-order chi connectivity index (χ1) is 8.81. The maximum atomic E-state index is 11.7. The smallest absolute Gasteiger partial charge is 0.226 e. The Bertz CT molecular complexity index is 526. The zero-order valence-corrected chi connectivity index (χ0v) is 11.5. The molecule has 1 aromatic heterocycles. The molecule has 0 bridgehead atoms. The summed E-state index contributed by atoms with van der Waals surface area (Å²) in [6, 6.07) is 7.77. The second kappa shape index (κ2) is 7.76. The number of aromatic amines is 1. The van der Waals surface area contributed by atoms with Gasteiger partial charge in [0.15, 0.2) is 0 Å². The van der Waals surface area contributed by atoms with E-state index in [9.17, 15) is 4.79 Å². The van der Waals surface area contributed by atoms with Gasteiger partial charge in [-0.05, 0) is 25.5 Å². The van der Waals surface area contributed by atoms with Gasteiger partial charge < -0.3 is 11.1 Å². The van der Waals surface area contributed by atoms with E-state index in [2.05, 4.69) is 15.5 Å². The molecule has 2 aromatic rings. The summed E-state index contributed by atoms with van der Waals surface area (Å²) in [5.41, 5.74) is 7.15. The standard InChI is InChI=1S/C13H18N4O.ClH/c14-7-3-4-8-15-13(18)9-12-10-5-1-2-6-11(10)16-17-12;/h1-2,5-6H,3-4,7-9,14H2,(H,15,18)(H,16,17);1H. The number of amides is 1. The number of nitrogens with zero attached hydrogens (tertiary/aromatic N) is 1. The molecule has 6 heteroatoms. The molecule has 0 saturated carbocycles. The van der Waals surface area contributed by atoms with E-state index in [0.717, 1.165) is 29.4 Å². The van der Waals surface area contributed by atoms with Crippen LogP contribution < -0.4 is 11.1 Å². The number of rotatable bonds is 6. The van der Waals surface area contributed by atoms with Crippen molar-refractivity contribution in [1.82, 2.24) is 15.5 Å². The van der Waals surface area contributed by atoms with Crippen LogP contribution in [-0.2, 0) is 11.2 Å². The van der Waals surface area contributed by atoms with E-state index in [1.807, 2.05) is 24.3 Å². The van der Waals surface area contributed by atoms with Crippen molar-refractivity contribution in [2.45, 2.75) is 19.3 Å². The predicted octanol–water partition coefficient (Wildman–Crippen LogP) is 1.38. The van der Waals surface area contributed by atoms with Crippen LogP contribution in [0.5, 0.6) is 0 Å². The Morgan fingerprint density at radius 1 is 1.32 bits per heavy atom. The molecule has 2 rings (SSSR count). The van der Waals surface area contributed by atoms with Crippen molar-refractivity contribution in [3.63, 3.8) is 0 Å². The van der Waals surface area contributed by atoms with Gasteiger partial charge in [0.1, 0.15) is 0 Å². The number of para-hydroxylation sites is 1. The number of fused-ring (bicyclic) bond motifs is 1. The fraction of sp³-hybridized carbons (Fsp3) is 0.385. The van der Waals surface area contributed by atoms with Crippen LogP contribution in [0.15, 0.2) is 24.3 Å². The number of aromatic nitrogens is 2. The number of H-pyrrole nitrogens is 1. The van der Waals surface area contributed by atoms with Gasteiger partial charge in [-0.1, -0.05) is 18.2 Å². The summed E-state index contributed by atoms with van der Waals surface area (Å²) >= 11 is 0. The molecule has 0 spiro atoms. The third kappa shape index (κ3) is 4.22. The van der Waals surface area contributed by atoms with E-state index in [4.69, 9.17) is 5.73 Å². The third-order valence-corrected chi connectivity index (χ3v) is 2.83.